The number of ether oxygens (including phenoxy) is 2. The maximum atomic E-state index is 5.46. The van der Waals surface area contributed by atoms with E-state index in [4.69, 9.17) is 9.47 Å². The Balaban J connectivity index is 2.66. The van der Waals surface area contributed by atoms with Gasteiger partial charge in [-0.1, -0.05) is 13.3 Å². The summed E-state index contributed by atoms with van der Waals surface area (Å²) in [5, 5.41) is 3.35. The average Bonchev–Trinajstić information content (AvgIpc) is 2.31. The van der Waals surface area contributed by atoms with Crippen LogP contribution >= 0.6 is 0 Å². The van der Waals surface area contributed by atoms with Crippen LogP contribution in [-0.2, 0) is 0 Å². The van der Waals surface area contributed by atoms with Gasteiger partial charge in [-0.2, -0.15) is 0 Å². The molecule has 0 aromatic heterocycles. The van der Waals surface area contributed by atoms with E-state index in [1.54, 1.807) is 7.11 Å². The van der Waals surface area contributed by atoms with Crippen LogP contribution in [0.15, 0.2) is 18.2 Å². The van der Waals surface area contributed by atoms with E-state index < -0.39 is 0 Å². The molecular weight excluding hydrogens is 202 g/mol. The standard InChI is InChI=1S/C13H21NO2/c1-4-6-9-14-11-7-8-12(16-5-2)13(10-11)15-3/h7-8,10,14H,4-6,9H2,1-3H3. The van der Waals surface area contributed by atoms with Crippen LogP contribution in [0.5, 0.6) is 11.5 Å². The number of benzene rings is 1. The third-order valence-electron chi connectivity index (χ3n) is 2.32. The number of rotatable bonds is 7. The predicted molar refractivity (Wildman–Crippen MR) is 67.6 cm³/mol. The first-order valence-corrected chi connectivity index (χ1v) is 5.86. The summed E-state index contributed by atoms with van der Waals surface area (Å²) in [6, 6.07) is 5.93. The minimum absolute atomic E-state index is 0.652. The van der Waals surface area contributed by atoms with Crippen LogP contribution in [-0.4, -0.2) is 20.3 Å². The van der Waals surface area contributed by atoms with E-state index in [2.05, 4.69) is 12.2 Å². The van der Waals surface area contributed by atoms with Crippen molar-refractivity contribution >= 4 is 5.69 Å². The molecular formula is C13H21NO2. The van der Waals surface area contributed by atoms with Gasteiger partial charge in [-0.05, 0) is 25.5 Å². The Kier molecular flexibility index (Phi) is 5.54. The zero-order chi connectivity index (χ0) is 11.8. The lowest BCUT2D eigenvalue weighted by atomic mass is 10.2. The largest absolute Gasteiger partial charge is 0.493 e. The van der Waals surface area contributed by atoms with Gasteiger partial charge in [-0.15, -0.1) is 0 Å². The van der Waals surface area contributed by atoms with Crippen LogP contribution in [0.2, 0.25) is 0 Å². The smallest absolute Gasteiger partial charge is 0.162 e. The van der Waals surface area contributed by atoms with Gasteiger partial charge in [0.2, 0.25) is 0 Å². The lowest BCUT2D eigenvalue weighted by molar-refractivity contribution is 0.311. The van der Waals surface area contributed by atoms with Crippen molar-refractivity contribution in [1.82, 2.24) is 0 Å². The molecule has 3 nitrogen and oxygen atoms in total. The Hall–Kier alpha value is -1.38. The van der Waals surface area contributed by atoms with Gasteiger partial charge in [-0.25, -0.2) is 0 Å². The molecule has 3 heteroatoms. The number of methoxy groups -OCH3 is 1. The first-order chi connectivity index (χ1) is 7.81. The number of nitrogens with one attached hydrogen (secondary N) is 1. The fourth-order valence-corrected chi connectivity index (χ4v) is 1.46. The Morgan fingerprint density at radius 3 is 2.62 bits per heavy atom. The van der Waals surface area contributed by atoms with Crippen LogP contribution in [0.4, 0.5) is 5.69 Å². The molecule has 1 aromatic carbocycles. The molecule has 0 bridgehead atoms. The predicted octanol–water partition coefficient (Wildman–Crippen LogP) is 3.31. The third-order valence-corrected chi connectivity index (χ3v) is 2.32. The molecule has 16 heavy (non-hydrogen) atoms. The summed E-state index contributed by atoms with van der Waals surface area (Å²) in [5.74, 6) is 1.58. The Morgan fingerprint density at radius 1 is 1.19 bits per heavy atom. The number of hydrogen-bond donors (Lipinski definition) is 1. The van der Waals surface area contributed by atoms with E-state index in [0.717, 1.165) is 23.7 Å². The van der Waals surface area contributed by atoms with Crippen LogP contribution < -0.4 is 14.8 Å². The molecule has 0 saturated heterocycles. The Labute approximate surface area is 97.8 Å². The second-order valence-corrected chi connectivity index (χ2v) is 3.58. The van der Waals surface area contributed by atoms with Crippen molar-refractivity contribution in [1.29, 1.82) is 0 Å². The molecule has 1 rings (SSSR count). The zero-order valence-corrected chi connectivity index (χ0v) is 10.4. The summed E-state index contributed by atoms with van der Waals surface area (Å²) in [4.78, 5) is 0. The molecule has 0 unspecified atom stereocenters. The lowest BCUT2D eigenvalue weighted by Gasteiger charge is -2.12. The molecule has 0 spiro atoms. The highest BCUT2D eigenvalue weighted by Crippen LogP contribution is 2.30. The summed E-state index contributed by atoms with van der Waals surface area (Å²) in [6.07, 6.45) is 2.37. The highest BCUT2D eigenvalue weighted by molar-refractivity contribution is 5.54. The second-order valence-electron chi connectivity index (χ2n) is 3.58. The molecule has 1 aromatic rings. The summed E-state index contributed by atoms with van der Waals surface area (Å²) in [7, 11) is 1.66. The zero-order valence-electron chi connectivity index (χ0n) is 10.4. The van der Waals surface area contributed by atoms with Gasteiger partial charge in [0.1, 0.15) is 0 Å². The third kappa shape index (κ3) is 3.65. The van der Waals surface area contributed by atoms with Crippen LogP contribution in [0.25, 0.3) is 0 Å². The summed E-state index contributed by atoms with van der Waals surface area (Å²) in [5.41, 5.74) is 1.08. The highest BCUT2D eigenvalue weighted by Gasteiger charge is 2.04. The lowest BCUT2D eigenvalue weighted by Crippen LogP contribution is -2.02. The van der Waals surface area contributed by atoms with E-state index >= 15 is 0 Å². The van der Waals surface area contributed by atoms with Gasteiger partial charge in [0.05, 0.1) is 13.7 Å². The first kappa shape index (κ1) is 12.7. The van der Waals surface area contributed by atoms with Crippen LogP contribution in [0, 0.1) is 0 Å². The fraction of sp³-hybridized carbons (Fsp3) is 0.538. The van der Waals surface area contributed by atoms with Crippen molar-refractivity contribution in [2.75, 3.05) is 25.6 Å². The van der Waals surface area contributed by atoms with Gasteiger partial charge >= 0.3 is 0 Å². The summed E-state index contributed by atoms with van der Waals surface area (Å²) < 4.78 is 10.7. The molecule has 0 aliphatic rings. The van der Waals surface area contributed by atoms with E-state index in [-0.39, 0.29) is 0 Å². The minimum Gasteiger partial charge on any atom is -0.493 e. The average molecular weight is 223 g/mol. The molecule has 0 aliphatic heterocycles. The normalized spacial score (nSPS) is 9.94. The fourth-order valence-electron chi connectivity index (χ4n) is 1.46. The minimum atomic E-state index is 0.652. The highest BCUT2D eigenvalue weighted by atomic mass is 16.5. The van der Waals surface area contributed by atoms with E-state index in [0.29, 0.717) is 6.61 Å². The number of unbranched alkanes of at least 4 members (excludes halogenated alkanes) is 1. The molecule has 0 radical (unpaired) electrons. The maximum Gasteiger partial charge on any atom is 0.162 e. The Bertz CT molecular complexity index is 313. The number of hydrogen-bond acceptors (Lipinski definition) is 3. The first-order valence-electron chi connectivity index (χ1n) is 5.86. The summed E-state index contributed by atoms with van der Waals surface area (Å²) in [6.45, 7) is 5.79. The molecule has 90 valence electrons. The SMILES string of the molecule is CCCCNc1ccc(OCC)c(OC)c1. The van der Waals surface area contributed by atoms with Crippen molar-refractivity contribution in [2.24, 2.45) is 0 Å². The summed E-state index contributed by atoms with van der Waals surface area (Å²) >= 11 is 0. The Morgan fingerprint density at radius 2 is 2.00 bits per heavy atom. The molecule has 0 saturated carbocycles. The van der Waals surface area contributed by atoms with Crippen LogP contribution in [0.1, 0.15) is 26.7 Å². The van der Waals surface area contributed by atoms with Crippen LogP contribution in [0.3, 0.4) is 0 Å². The van der Waals surface area contributed by atoms with E-state index in [9.17, 15) is 0 Å². The molecule has 0 aliphatic carbocycles. The van der Waals surface area contributed by atoms with Crippen molar-refractivity contribution < 1.29 is 9.47 Å². The van der Waals surface area contributed by atoms with Crippen molar-refractivity contribution in [3.05, 3.63) is 18.2 Å². The van der Waals surface area contributed by atoms with Gasteiger partial charge in [0, 0.05) is 18.3 Å². The van der Waals surface area contributed by atoms with E-state index in [1.807, 2.05) is 25.1 Å². The van der Waals surface area contributed by atoms with Gasteiger partial charge < -0.3 is 14.8 Å². The van der Waals surface area contributed by atoms with E-state index in [1.165, 1.54) is 12.8 Å². The van der Waals surface area contributed by atoms with Gasteiger partial charge in [-0.3, -0.25) is 0 Å². The van der Waals surface area contributed by atoms with Gasteiger partial charge in [0.25, 0.3) is 0 Å². The molecule has 0 fully saturated rings. The van der Waals surface area contributed by atoms with Crippen molar-refractivity contribution in [3.8, 4) is 11.5 Å². The van der Waals surface area contributed by atoms with Gasteiger partial charge in [0.15, 0.2) is 11.5 Å². The molecule has 0 amide bonds. The second kappa shape index (κ2) is 6.99. The maximum absolute atomic E-state index is 5.46. The number of anilines is 1. The molecule has 1 N–H and O–H groups in total. The van der Waals surface area contributed by atoms with Crippen molar-refractivity contribution in [3.63, 3.8) is 0 Å². The van der Waals surface area contributed by atoms with Crippen molar-refractivity contribution in [2.45, 2.75) is 26.7 Å². The quantitative estimate of drug-likeness (QED) is 0.719. The topological polar surface area (TPSA) is 30.5 Å². The molecule has 0 atom stereocenters. The molecule has 0 heterocycles. The monoisotopic (exact) mass is 223 g/mol.